The first-order chi connectivity index (χ1) is 18.8. The SMILES string of the molecule is CCCCCCCCCCCCCCOc1ccc(CN(C(=O)NC)c2cccc(COS(C)(=O)=O)c2)cc1. The maximum Gasteiger partial charge on any atom is 0.321 e. The number of nitrogens with one attached hydrogen (secondary N) is 1. The van der Waals surface area contributed by atoms with Gasteiger partial charge in [0.2, 0.25) is 0 Å². The van der Waals surface area contributed by atoms with Gasteiger partial charge in [-0.3, -0.25) is 9.08 Å². The van der Waals surface area contributed by atoms with E-state index in [9.17, 15) is 13.2 Å². The van der Waals surface area contributed by atoms with Crippen LogP contribution < -0.4 is 15.0 Å². The molecule has 0 atom stereocenters. The molecule has 0 radical (unpaired) electrons. The molecule has 0 aliphatic carbocycles. The van der Waals surface area contributed by atoms with Crippen LogP contribution in [0.15, 0.2) is 48.5 Å². The molecular weight excluding hydrogens is 512 g/mol. The molecule has 0 spiro atoms. The van der Waals surface area contributed by atoms with Gasteiger partial charge in [0, 0.05) is 12.7 Å². The molecule has 0 fully saturated rings. The average Bonchev–Trinajstić information content (AvgIpc) is 2.93. The molecule has 0 heterocycles. The zero-order valence-electron chi connectivity index (χ0n) is 24.1. The fourth-order valence-electron chi connectivity index (χ4n) is 4.41. The smallest absolute Gasteiger partial charge is 0.321 e. The number of urea groups is 1. The van der Waals surface area contributed by atoms with Gasteiger partial charge in [-0.25, -0.2) is 4.79 Å². The second kappa shape index (κ2) is 18.7. The Hall–Kier alpha value is -2.58. The zero-order chi connectivity index (χ0) is 28.3. The highest BCUT2D eigenvalue weighted by Crippen LogP contribution is 2.22. The van der Waals surface area contributed by atoms with Crippen LogP contribution in [0.2, 0.25) is 0 Å². The van der Waals surface area contributed by atoms with E-state index in [2.05, 4.69) is 12.2 Å². The number of carbonyl (C=O) groups is 1. The lowest BCUT2D eigenvalue weighted by molar-refractivity contribution is 0.248. The van der Waals surface area contributed by atoms with Crippen molar-refractivity contribution in [3.05, 3.63) is 59.7 Å². The molecule has 2 aromatic rings. The third kappa shape index (κ3) is 14.4. The highest BCUT2D eigenvalue weighted by molar-refractivity contribution is 7.85. The van der Waals surface area contributed by atoms with Gasteiger partial charge in [0.1, 0.15) is 5.75 Å². The second-order valence-electron chi connectivity index (χ2n) is 10.2. The summed E-state index contributed by atoms with van der Waals surface area (Å²) in [4.78, 5) is 14.2. The monoisotopic (exact) mass is 560 g/mol. The van der Waals surface area contributed by atoms with E-state index in [4.69, 9.17) is 8.92 Å². The molecule has 0 aliphatic heterocycles. The molecule has 2 rings (SSSR count). The van der Waals surface area contributed by atoms with Crippen LogP contribution in [0.4, 0.5) is 10.5 Å². The first-order valence-electron chi connectivity index (χ1n) is 14.5. The van der Waals surface area contributed by atoms with Gasteiger partial charge in [0.25, 0.3) is 10.1 Å². The molecule has 218 valence electrons. The summed E-state index contributed by atoms with van der Waals surface area (Å²) in [5.74, 6) is 0.827. The van der Waals surface area contributed by atoms with Crippen molar-refractivity contribution in [3.63, 3.8) is 0 Å². The summed E-state index contributed by atoms with van der Waals surface area (Å²) in [6, 6.07) is 14.6. The number of hydrogen-bond acceptors (Lipinski definition) is 5. The maximum atomic E-state index is 12.6. The highest BCUT2D eigenvalue weighted by Gasteiger charge is 2.16. The first-order valence-corrected chi connectivity index (χ1v) is 16.3. The fraction of sp³-hybridized carbons (Fsp3) is 0.581. The Bertz CT molecular complexity index is 1060. The number of carbonyl (C=O) groups excluding carboxylic acids is 1. The Balaban J connectivity index is 1.73. The number of ether oxygens (including phenoxy) is 1. The standard InChI is InChI=1S/C31H48N2O5S/c1-4-5-6-7-8-9-10-11-12-13-14-15-23-37-30-21-19-27(20-22-30)25-33(31(34)32-2)29-18-16-17-28(24-29)26-38-39(3,35)36/h16-22,24H,4-15,23,25-26H2,1-3H3,(H,32,34). The quantitative estimate of drug-likeness (QED) is 0.133. The van der Waals surface area contributed by atoms with Gasteiger partial charge in [-0.1, -0.05) is 102 Å². The molecule has 39 heavy (non-hydrogen) atoms. The highest BCUT2D eigenvalue weighted by atomic mass is 32.2. The third-order valence-corrected chi connectivity index (χ3v) is 7.20. The first kappa shape index (κ1) is 32.6. The van der Waals surface area contributed by atoms with E-state index in [1.807, 2.05) is 30.3 Å². The number of unbranched alkanes of at least 4 members (excludes halogenated alkanes) is 11. The largest absolute Gasteiger partial charge is 0.494 e. The molecule has 0 unspecified atom stereocenters. The Morgan fingerprint density at radius 3 is 1.97 bits per heavy atom. The molecule has 0 aliphatic rings. The molecule has 8 heteroatoms. The van der Waals surface area contributed by atoms with E-state index >= 15 is 0 Å². The van der Waals surface area contributed by atoms with Crippen molar-refractivity contribution in [2.75, 3.05) is 24.8 Å². The lowest BCUT2D eigenvalue weighted by Crippen LogP contribution is -2.37. The van der Waals surface area contributed by atoms with Crippen LogP contribution in [0.5, 0.6) is 5.75 Å². The second-order valence-corrected chi connectivity index (χ2v) is 11.8. The molecule has 0 aromatic heterocycles. The van der Waals surface area contributed by atoms with Crippen LogP contribution in [-0.2, 0) is 27.5 Å². The van der Waals surface area contributed by atoms with Gasteiger partial charge >= 0.3 is 6.03 Å². The number of hydrogen-bond donors (Lipinski definition) is 1. The Kier molecular flexibility index (Phi) is 15.6. The summed E-state index contributed by atoms with van der Waals surface area (Å²) in [6.45, 7) is 3.25. The molecular formula is C31H48N2O5S. The van der Waals surface area contributed by atoms with Crippen molar-refractivity contribution in [2.24, 2.45) is 0 Å². The van der Waals surface area contributed by atoms with Crippen LogP contribution >= 0.6 is 0 Å². The van der Waals surface area contributed by atoms with Crippen molar-refractivity contribution in [2.45, 2.75) is 97.1 Å². The molecule has 0 saturated carbocycles. The van der Waals surface area contributed by atoms with E-state index in [1.54, 1.807) is 30.1 Å². The van der Waals surface area contributed by atoms with Crippen LogP contribution in [0, 0.1) is 0 Å². The third-order valence-electron chi connectivity index (χ3n) is 6.65. The molecule has 1 N–H and O–H groups in total. The Morgan fingerprint density at radius 2 is 1.41 bits per heavy atom. The maximum absolute atomic E-state index is 12.6. The number of rotatable bonds is 20. The summed E-state index contributed by atoms with van der Waals surface area (Å²) in [5.41, 5.74) is 2.26. The van der Waals surface area contributed by atoms with Crippen molar-refractivity contribution >= 4 is 21.8 Å². The number of nitrogens with zero attached hydrogens (tertiary/aromatic N) is 1. The van der Waals surface area contributed by atoms with Crippen LogP contribution in [0.3, 0.4) is 0 Å². The van der Waals surface area contributed by atoms with Crippen molar-refractivity contribution in [1.82, 2.24) is 5.32 Å². The van der Waals surface area contributed by atoms with Crippen molar-refractivity contribution < 1.29 is 22.1 Å². The minimum Gasteiger partial charge on any atom is -0.494 e. The van der Waals surface area contributed by atoms with E-state index in [0.29, 0.717) is 24.4 Å². The van der Waals surface area contributed by atoms with Gasteiger partial charge < -0.3 is 10.1 Å². The summed E-state index contributed by atoms with van der Waals surface area (Å²) in [6.07, 6.45) is 16.9. The Labute approximate surface area is 236 Å². The minimum absolute atomic E-state index is 0.0838. The molecule has 2 amide bonds. The molecule has 0 bridgehead atoms. The summed E-state index contributed by atoms with van der Waals surface area (Å²) >= 11 is 0. The lowest BCUT2D eigenvalue weighted by Gasteiger charge is -2.23. The minimum atomic E-state index is -3.55. The van der Waals surface area contributed by atoms with E-state index in [0.717, 1.165) is 24.0 Å². The predicted molar refractivity (Wildman–Crippen MR) is 160 cm³/mol. The number of benzene rings is 2. The molecule has 7 nitrogen and oxygen atoms in total. The van der Waals surface area contributed by atoms with Gasteiger partial charge in [-0.15, -0.1) is 0 Å². The van der Waals surface area contributed by atoms with Crippen LogP contribution in [-0.4, -0.2) is 34.4 Å². The van der Waals surface area contributed by atoms with Gasteiger partial charge in [0.05, 0.1) is 26.0 Å². The Morgan fingerprint density at radius 1 is 0.821 bits per heavy atom. The van der Waals surface area contributed by atoms with Crippen molar-refractivity contribution in [1.29, 1.82) is 0 Å². The van der Waals surface area contributed by atoms with Gasteiger partial charge in [-0.2, -0.15) is 8.42 Å². The normalized spacial score (nSPS) is 11.4. The summed E-state index contributed by atoms with van der Waals surface area (Å²) in [5, 5.41) is 2.67. The van der Waals surface area contributed by atoms with Crippen LogP contribution in [0.1, 0.15) is 95.1 Å². The summed E-state index contributed by atoms with van der Waals surface area (Å²) in [7, 11) is -1.97. The van der Waals surface area contributed by atoms with E-state index in [1.165, 1.54) is 70.6 Å². The molecule has 0 saturated heterocycles. The van der Waals surface area contributed by atoms with E-state index in [-0.39, 0.29) is 12.6 Å². The number of anilines is 1. The fourth-order valence-corrected chi connectivity index (χ4v) is 4.76. The van der Waals surface area contributed by atoms with Crippen molar-refractivity contribution in [3.8, 4) is 5.75 Å². The number of amides is 2. The average molecular weight is 561 g/mol. The lowest BCUT2D eigenvalue weighted by atomic mass is 10.1. The van der Waals surface area contributed by atoms with Gasteiger partial charge in [0.15, 0.2) is 0 Å². The zero-order valence-corrected chi connectivity index (χ0v) is 24.9. The predicted octanol–water partition coefficient (Wildman–Crippen LogP) is 7.59. The summed E-state index contributed by atoms with van der Waals surface area (Å²) < 4.78 is 33.5. The van der Waals surface area contributed by atoms with E-state index < -0.39 is 10.1 Å². The topological polar surface area (TPSA) is 84.9 Å². The van der Waals surface area contributed by atoms with Crippen LogP contribution in [0.25, 0.3) is 0 Å². The van der Waals surface area contributed by atoms with Gasteiger partial charge in [-0.05, 0) is 41.8 Å². The molecule has 2 aromatic carbocycles.